The molecule has 5 heteroatoms. The molecule has 1 aliphatic rings. The molecule has 1 heterocycles. The summed E-state index contributed by atoms with van der Waals surface area (Å²) in [6, 6.07) is 31.4. The lowest BCUT2D eigenvalue weighted by Gasteiger charge is -2.11. The number of nitrogens with one attached hydrogen (secondary N) is 1. The fourth-order valence-electron chi connectivity index (χ4n) is 4.13. The minimum absolute atomic E-state index is 0.146. The molecule has 1 amide bonds. The van der Waals surface area contributed by atoms with Crippen LogP contribution in [0.5, 0.6) is 5.75 Å². The Morgan fingerprint density at radius 1 is 0.917 bits per heavy atom. The standard InChI is InChI=1S/C31H27NO3S/c1-22-7-11-24(12-8-22)25-13-16-30-27(19-25)20-26(17-18-35-30)31(33)32-28-14-9-23(10-15-28)21-36(34)29-5-3-2-4-6-29/h2-16,19-20H,17-18,21H2,1H3,(H,32,33). The molecule has 5 rings (SSSR count). The highest BCUT2D eigenvalue weighted by Crippen LogP contribution is 2.31. The first-order valence-electron chi connectivity index (χ1n) is 11.9. The minimum atomic E-state index is -1.11. The Labute approximate surface area is 214 Å². The van der Waals surface area contributed by atoms with E-state index in [1.807, 2.05) is 66.7 Å². The van der Waals surface area contributed by atoms with E-state index in [0.717, 1.165) is 32.9 Å². The molecule has 1 atom stereocenters. The molecule has 1 N–H and O–H groups in total. The largest absolute Gasteiger partial charge is 0.611 e. The fourth-order valence-corrected chi connectivity index (χ4v) is 5.25. The second-order valence-electron chi connectivity index (χ2n) is 8.84. The maximum Gasteiger partial charge on any atom is 0.251 e. The van der Waals surface area contributed by atoms with Crippen molar-refractivity contribution >= 4 is 28.8 Å². The summed E-state index contributed by atoms with van der Waals surface area (Å²) in [5.41, 5.74) is 6.65. The Balaban J connectivity index is 1.29. The number of aryl methyl sites for hydroxylation is 1. The van der Waals surface area contributed by atoms with Gasteiger partial charge in [-0.3, -0.25) is 4.79 Å². The van der Waals surface area contributed by atoms with E-state index < -0.39 is 11.2 Å². The number of ether oxygens (including phenoxy) is 1. The van der Waals surface area contributed by atoms with E-state index in [-0.39, 0.29) is 5.91 Å². The summed E-state index contributed by atoms with van der Waals surface area (Å²) in [7, 11) is 0. The maximum atomic E-state index is 13.1. The smallest absolute Gasteiger partial charge is 0.251 e. The molecule has 0 saturated carbocycles. The van der Waals surface area contributed by atoms with Gasteiger partial charge < -0.3 is 14.6 Å². The minimum Gasteiger partial charge on any atom is -0.611 e. The SMILES string of the molecule is Cc1ccc(-c2ccc3c(c2)C=C(C(=O)Nc2ccc(C[S+]([O-])c4ccccc4)cc2)CCO3)cc1. The number of rotatable bonds is 6. The summed E-state index contributed by atoms with van der Waals surface area (Å²) in [5, 5.41) is 3.00. The van der Waals surface area contributed by atoms with Crippen LogP contribution in [0.4, 0.5) is 5.69 Å². The zero-order valence-electron chi connectivity index (χ0n) is 20.1. The lowest BCUT2D eigenvalue weighted by Crippen LogP contribution is -2.15. The van der Waals surface area contributed by atoms with Crippen molar-refractivity contribution in [1.29, 1.82) is 0 Å². The molecule has 0 aliphatic carbocycles. The quantitative estimate of drug-likeness (QED) is 0.301. The molecule has 1 unspecified atom stereocenters. The van der Waals surface area contributed by atoms with Crippen LogP contribution < -0.4 is 10.1 Å². The monoisotopic (exact) mass is 493 g/mol. The van der Waals surface area contributed by atoms with Gasteiger partial charge in [-0.2, -0.15) is 0 Å². The van der Waals surface area contributed by atoms with Gasteiger partial charge in [-0.1, -0.05) is 66.2 Å². The first-order chi connectivity index (χ1) is 17.5. The Morgan fingerprint density at radius 3 is 2.39 bits per heavy atom. The van der Waals surface area contributed by atoms with E-state index in [1.165, 1.54) is 5.56 Å². The molecule has 0 radical (unpaired) electrons. The van der Waals surface area contributed by atoms with Crippen LogP contribution in [0.15, 0.2) is 108 Å². The molecule has 0 bridgehead atoms. The average molecular weight is 494 g/mol. The number of carbonyl (C=O) groups is 1. The molecule has 4 aromatic carbocycles. The van der Waals surface area contributed by atoms with E-state index in [2.05, 4.69) is 48.6 Å². The Bertz CT molecular complexity index is 1380. The highest BCUT2D eigenvalue weighted by Gasteiger charge is 2.17. The number of amides is 1. The lowest BCUT2D eigenvalue weighted by molar-refractivity contribution is -0.113. The number of anilines is 1. The van der Waals surface area contributed by atoms with Gasteiger partial charge in [0.05, 0.1) is 6.61 Å². The second kappa shape index (κ2) is 10.9. The van der Waals surface area contributed by atoms with Gasteiger partial charge in [-0.05, 0) is 71.7 Å². The third-order valence-corrected chi connectivity index (χ3v) is 7.55. The number of hydrogen-bond acceptors (Lipinski definition) is 3. The van der Waals surface area contributed by atoms with Crippen LogP contribution in [-0.4, -0.2) is 17.1 Å². The van der Waals surface area contributed by atoms with E-state index in [0.29, 0.717) is 30.0 Å². The maximum absolute atomic E-state index is 13.1. The van der Waals surface area contributed by atoms with Crippen LogP contribution in [-0.2, 0) is 21.7 Å². The first kappa shape index (κ1) is 23.9. The van der Waals surface area contributed by atoms with Crippen molar-refractivity contribution < 1.29 is 14.1 Å². The molecule has 4 nitrogen and oxygen atoms in total. The van der Waals surface area contributed by atoms with Gasteiger partial charge in [0, 0.05) is 28.8 Å². The van der Waals surface area contributed by atoms with Gasteiger partial charge in [0.25, 0.3) is 5.91 Å². The van der Waals surface area contributed by atoms with Gasteiger partial charge in [-0.25, -0.2) is 0 Å². The number of fused-ring (bicyclic) bond motifs is 1. The van der Waals surface area contributed by atoms with E-state index >= 15 is 0 Å². The van der Waals surface area contributed by atoms with Crippen molar-refractivity contribution in [2.24, 2.45) is 0 Å². The topological polar surface area (TPSA) is 61.4 Å². The molecular formula is C31H27NO3S. The van der Waals surface area contributed by atoms with Crippen LogP contribution in [0.3, 0.4) is 0 Å². The number of hydrogen-bond donors (Lipinski definition) is 1. The first-order valence-corrected chi connectivity index (χ1v) is 13.3. The van der Waals surface area contributed by atoms with Crippen LogP contribution in [0, 0.1) is 6.92 Å². The van der Waals surface area contributed by atoms with Crippen LogP contribution in [0.25, 0.3) is 17.2 Å². The summed E-state index contributed by atoms with van der Waals surface area (Å²) in [4.78, 5) is 13.9. The third kappa shape index (κ3) is 5.70. The van der Waals surface area contributed by atoms with Crippen LogP contribution in [0.1, 0.15) is 23.1 Å². The molecule has 0 fully saturated rings. The number of benzene rings is 4. The highest BCUT2D eigenvalue weighted by molar-refractivity contribution is 7.90. The normalized spacial score (nSPS) is 13.6. The van der Waals surface area contributed by atoms with Crippen molar-refractivity contribution in [3.8, 4) is 16.9 Å². The summed E-state index contributed by atoms with van der Waals surface area (Å²) in [5.74, 6) is 1.07. The fraction of sp³-hybridized carbons (Fsp3) is 0.129. The molecule has 0 spiro atoms. The molecule has 0 aromatic heterocycles. The summed E-state index contributed by atoms with van der Waals surface area (Å²) in [6.45, 7) is 2.52. The molecule has 1 aliphatic heterocycles. The van der Waals surface area contributed by atoms with Crippen molar-refractivity contribution in [1.82, 2.24) is 0 Å². The zero-order chi connectivity index (χ0) is 24.9. The number of carbonyl (C=O) groups excluding carboxylic acids is 1. The van der Waals surface area contributed by atoms with Crippen molar-refractivity contribution in [3.05, 3.63) is 119 Å². The summed E-state index contributed by atoms with van der Waals surface area (Å²) < 4.78 is 18.5. The highest BCUT2D eigenvalue weighted by atomic mass is 32.2. The summed E-state index contributed by atoms with van der Waals surface area (Å²) >= 11 is -1.11. The Kier molecular flexibility index (Phi) is 7.21. The van der Waals surface area contributed by atoms with Crippen LogP contribution in [0.2, 0.25) is 0 Å². The van der Waals surface area contributed by atoms with Crippen molar-refractivity contribution in [2.75, 3.05) is 11.9 Å². The van der Waals surface area contributed by atoms with Gasteiger partial charge >= 0.3 is 0 Å². The summed E-state index contributed by atoms with van der Waals surface area (Å²) in [6.07, 6.45) is 2.45. The van der Waals surface area contributed by atoms with Crippen molar-refractivity contribution in [2.45, 2.75) is 24.0 Å². The predicted octanol–water partition coefficient (Wildman–Crippen LogP) is 6.77. The third-order valence-electron chi connectivity index (χ3n) is 6.16. The van der Waals surface area contributed by atoms with E-state index in [1.54, 1.807) is 0 Å². The zero-order valence-corrected chi connectivity index (χ0v) is 20.9. The lowest BCUT2D eigenvalue weighted by atomic mass is 10.00. The predicted molar refractivity (Wildman–Crippen MR) is 146 cm³/mol. The van der Waals surface area contributed by atoms with E-state index in [9.17, 15) is 9.35 Å². The van der Waals surface area contributed by atoms with E-state index in [4.69, 9.17) is 4.74 Å². The molecule has 0 saturated heterocycles. The molecule has 4 aromatic rings. The molecule has 180 valence electrons. The van der Waals surface area contributed by atoms with Gasteiger partial charge in [0.2, 0.25) is 0 Å². The Morgan fingerprint density at radius 2 is 1.64 bits per heavy atom. The molecular weight excluding hydrogens is 466 g/mol. The van der Waals surface area contributed by atoms with Gasteiger partial charge in [-0.15, -0.1) is 0 Å². The van der Waals surface area contributed by atoms with Crippen LogP contribution >= 0.6 is 0 Å². The Hall–Kier alpha value is -3.80. The van der Waals surface area contributed by atoms with Crippen molar-refractivity contribution in [3.63, 3.8) is 0 Å². The van der Waals surface area contributed by atoms with Gasteiger partial charge in [0.15, 0.2) is 4.90 Å². The average Bonchev–Trinajstić information content (AvgIpc) is 3.13. The second-order valence-corrected chi connectivity index (χ2v) is 10.3. The molecule has 36 heavy (non-hydrogen) atoms. The van der Waals surface area contributed by atoms with Gasteiger partial charge in [0.1, 0.15) is 11.5 Å².